The number of carbonyl (C=O) groups is 1. The third-order valence-corrected chi connectivity index (χ3v) is 5.02. The van der Waals surface area contributed by atoms with Crippen molar-refractivity contribution < 1.29 is 9.53 Å². The summed E-state index contributed by atoms with van der Waals surface area (Å²) in [6, 6.07) is 18.2. The van der Waals surface area contributed by atoms with Crippen molar-refractivity contribution in [1.29, 1.82) is 0 Å². The first kappa shape index (κ1) is 17.5. The van der Waals surface area contributed by atoms with E-state index in [2.05, 4.69) is 19.1 Å². The number of nitrogens with zero attached hydrogens (tertiary/aromatic N) is 1. The van der Waals surface area contributed by atoms with Gasteiger partial charge < -0.3 is 15.4 Å². The Kier molecular flexibility index (Phi) is 5.71. The first-order chi connectivity index (χ1) is 12.2. The molecule has 0 radical (unpaired) electrons. The van der Waals surface area contributed by atoms with Crippen molar-refractivity contribution >= 4 is 5.91 Å². The van der Waals surface area contributed by atoms with Crippen LogP contribution in [0, 0.1) is 5.92 Å². The second-order valence-electron chi connectivity index (χ2n) is 6.60. The molecule has 1 heterocycles. The molecule has 25 heavy (non-hydrogen) atoms. The highest BCUT2D eigenvalue weighted by atomic mass is 16.5. The highest BCUT2D eigenvalue weighted by molar-refractivity contribution is 5.78. The van der Waals surface area contributed by atoms with E-state index in [4.69, 9.17) is 10.5 Å². The minimum absolute atomic E-state index is 0.0245. The molecule has 2 aromatic rings. The summed E-state index contributed by atoms with van der Waals surface area (Å²) in [5.41, 5.74) is 8.46. The van der Waals surface area contributed by atoms with Gasteiger partial charge in [-0.15, -0.1) is 0 Å². The van der Waals surface area contributed by atoms with Gasteiger partial charge in [0, 0.05) is 19.0 Å². The number of amides is 1. The summed E-state index contributed by atoms with van der Waals surface area (Å²) in [4.78, 5) is 14.4. The molecule has 3 rings (SSSR count). The molecule has 0 unspecified atom stereocenters. The fraction of sp³-hybridized carbons (Fsp3) is 0.381. The largest absolute Gasteiger partial charge is 0.484 e. The SMILES string of the molecule is CCc1ccc(OCC(=O)N2C[C@@H](CN)[C@H](c3ccccc3)C2)cc1. The fourth-order valence-corrected chi connectivity index (χ4v) is 3.45. The minimum Gasteiger partial charge on any atom is -0.484 e. The summed E-state index contributed by atoms with van der Waals surface area (Å²) in [5, 5.41) is 0. The molecule has 132 valence electrons. The van der Waals surface area contributed by atoms with E-state index in [1.54, 1.807) is 0 Å². The molecule has 0 saturated carbocycles. The molecule has 0 aliphatic carbocycles. The summed E-state index contributed by atoms with van der Waals surface area (Å²) < 4.78 is 5.67. The van der Waals surface area contributed by atoms with Gasteiger partial charge in [-0.2, -0.15) is 0 Å². The summed E-state index contributed by atoms with van der Waals surface area (Å²) in [5.74, 6) is 1.37. The van der Waals surface area contributed by atoms with Gasteiger partial charge in [0.15, 0.2) is 6.61 Å². The zero-order valence-electron chi connectivity index (χ0n) is 14.7. The standard InChI is InChI=1S/C21H26N2O2/c1-2-16-8-10-19(11-9-16)25-15-21(24)23-13-18(12-22)20(14-23)17-6-4-3-5-7-17/h3-11,18,20H,2,12-15,22H2,1H3/t18-,20+/m1/s1. The number of hydrogen-bond acceptors (Lipinski definition) is 3. The number of likely N-dealkylation sites (tertiary alicyclic amines) is 1. The predicted octanol–water partition coefficient (Wildman–Crippen LogP) is 2.83. The van der Waals surface area contributed by atoms with Crippen LogP contribution < -0.4 is 10.5 Å². The minimum atomic E-state index is 0.0245. The highest BCUT2D eigenvalue weighted by Gasteiger charge is 2.35. The van der Waals surface area contributed by atoms with Gasteiger partial charge in [-0.1, -0.05) is 49.4 Å². The number of carbonyl (C=O) groups excluding carboxylic acids is 1. The molecule has 1 saturated heterocycles. The van der Waals surface area contributed by atoms with Crippen molar-refractivity contribution in [1.82, 2.24) is 4.90 Å². The van der Waals surface area contributed by atoms with Crippen molar-refractivity contribution in [3.63, 3.8) is 0 Å². The van der Waals surface area contributed by atoms with Crippen LogP contribution >= 0.6 is 0 Å². The van der Waals surface area contributed by atoms with Crippen molar-refractivity contribution in [3.8, 4) is 5.75 Å². The number of nitrogens with two attached hydrogens (primary N) is 1. The molecule has 4 nitrogen and oxygen atoms in total. The Morgan fingerprint density at radius 1 is 1.12 bits per heavy atom. The normalized spacial score (nSPS) is 19.8. The van der Waals surface area contributed by atoms with Crippen LogP contribution in [0.15, 0.2) is 54.6 Å². The summed E-state index contributed by atoms with van der Waals surface area (Å²) >= 11 is 0. The quantitative estimate of drug-likeness (QED) is 0.881. The van der Waals surface area contributed by atoms with Crippen LogP contribution in [0.5, 0.6) is 5.75 Å². The van der Waals surface area contributed by atoms with Crippen molar-refractivity contribution in [2.45, 2.75) is 19.3 Å². The van der Waals surface area contributed by atoms with Gasteiger partial charge in [-0.3, -0.25) is 4.79 Å². The van der Waals surface area contributed by atoms with Gasteiger partial charge in [0.2, 0.25) is 0 Å². The molecule has 0 aromatic heterocycles. The lowest BCUT2D eigenvalue weighted by Gasteiger charge is -2.17. The second kappa shape index (κ2) is 8.17. The molecule has 1 aliphatic heterocycles. The smallest absolute Gasteiger partial charge is 0.260 e. The van der Waals surface area contributed by atoms with Crippen LogP contribution in [0.3, 0.4) is 0 Å². The fourth-order valence-electron chi connectivity index (χ4n) is 3.45. The van der Waals surface area contributed by atoms with Crippen molar-refractivity contribution in [3.05, 3.63) is 65.7 Å². The topological polar surface area (TPSA) is 55.6 Å². The maximum absolute atomic E-state index is 12.5. The third-order valence-electron chi connectivity index (χ3n) is 5.02. The molecule has 4 heteroatoms. The van der Waals surface area contributed by atoms with E-state index in [1.807, 2.05) is 47.4 Å². The first-order valence-corrected chi connectivity index (χ1v) is 8.95. The molecule has 1 aliphatic rings. The molecule has 1 fully saturated rings. The third kappa shape index (κ3) is 4.20. The Bertz CT molecular complexity index is 685. The van der Waals surface area contributed by atoms with E-state index in [0.717, 1.165) is 12.2 Å². The zero-order valence-corrected chi connectivity index (χ0v) is 14.7. The van der Waals surface area contributed by atoms with E-state index in [-0.39, 0.29) is 12.5 Å². The molecule has 0 bridgehead atoms. The summed E-state index contributed by atoms with van der Waals surface area (Å²) in [7, 11) is 0. The Balaban J connectivity index is 1.58. The molecule has 0 spiro atoms. The van der Waals surface area contributed by atoms with E-state index in [1.165, 1.54) is 11.1 Å². The lowest BCUT2D eigenvalue weighted by molar-refractivity contribution is -0.132. The lowest BCUT2D eigenvalue weighted by atomic mass is 9.89. The first-order valence-electron chi connectivity index (χ1n) is 8.95. The maximum Gasteiger partial charge on any atom is 0.260 e. The summed E-state index contributed by atoms with van der Waals surface area (Å²) in [6.07, 6.45) is 0.994. The Hall–Kier alpha value is -2.33. The average molecular weight is 338 g/mol. The van der Waals surface area contributed by atoms with Crippen LogP contribution in [-0.4, -0.2) is 37.0 Å². The van der Waals surface area contributed by atoms with Crippen molar-refractivity contribution in [2.24, 2.45) is 11.7 Å². The van der Waals surface area contributed by atoms with Gasteiger partial charge in [0.25, 0.3) is 5.91 Å². The molecular weight excluding hydrogens is 312 g/mol. The van der Waals surface area contributed by atoms with E-state index < -0.39 is 0 Å². The maximum atomic E-state index is 12.5. The monoisotopic (exact) mass is 338 g/mol. The van der Waals surface area contributed by atoms with Crippen LogP contribution in [0.25, 0.3) is 0 Å². The number of ether oxygens (including phenoxy) is 1. The zero-order chi connectivity index (χ0) is 17.6. The van der Waals surface area contributed by atoms with Crippen LogP contribution in [0.4, 0.5) is 0 Å². The van der Waals surface area contributed by atoms with Gasteiger partial charge in [-0.05, 0) is 42.1 Å². The van der Waals surface area contributed by atoms with E-state index in [9.17, 15) is 4.79 Å². The predicted molar refractivity (Wildman–Crippen MR) is 99.6 cm³/mol. The van der Waals surface area contributed by atoms with E-state index in [0.29, 0.717) is 31.5 Å². The van der Waals surface area contributed by atoms with Crippen LogP contribution in [-0.2, 0) is 11.2 Å². The number of benzene rings is 2. The molecule has 1 amide bonds. The number of hydrogen-bond donors (Lipinski definition) is 1. The Labute approximate surface area is 149 Å². The molecular formula is C21H26N2O2. The van der Waals surface area contributed by atoms with Gasteiger partial charge >= 0.3 is 0 Å². The Morgan fingerprint density at radius 3 is 2.48 bits per heavy atom. The van der Waals surface area contributed by atoms with Crippen LogP contribution in [0.1, 0.15) is 24.0 Å². The number of rotatable bonds is 6. The lowest BCUT2D eigenvalue weighted by Crippen LogP contribution is -2.33. The molecule has 2 aromatic carbocycles. The molecule has 2 atom stereocenters. The number of aryl methyl sites for hydroxylation is 1. The van der Waals surface area contributed by atoms with Crippen molar-refractivity contribution in [2.75, 3.05) is 26.2 Å². The van der Waals surface area contributed by atoms with Crippen LogP contribution in [0.2, 0.25) is 0 Å². The summed E-state index contributed by atoms with van der Waals surface area (Å²) in [6.45, 7) is 4.19. The average Bonchev–Trinajstić information content (AvgIpc) is 3.12. The molecule has 2 N–H and O–H groups in total. The van der Waals surface area contributed by atoms with Gasteiger partial charge in [-0.25, -0.2) is 0 Å². The van der Waals surface area contributed by atoms with Gasteiger partial charge in [0.05, 0.1) is 0 Å². The van der Waals surface area contributed by atoms with E-state index >= 15 is 0 Å². The Morgan fingerprint density at radius 2 is 1.84 bits per heavy atom. The van der Waals surface area contributed by atoms with Gasteiger partial charge in [0.1, 0.15) is 5.75 Å². The highest BCUT2D eigenvalue weighted by Crippen LogP contribution is 2.32. The second-order valence-corrected chi connectivity index (χ2v) is 6.60.